The zero-order valence-electron chi connectivity index (χ0n) is 9.29. The molecule has 0 aliphatic carbocycles. The summed E-state index contributed by atoms with van der Waals surface area (Å²) in [5, 5.41) is 12.0. The summed E-state index contributed by atoms with van der Waals surface area (Å²) in [6, 6.07) is 8.37. The van der Waals surface area contributed by atoms with Gasteiger partial charge in [0.25, 0.3) is 0 Å². The Hall–Kier alpha value is -0.0300. The van der Waals surface area contributed by atoms with Crippen molar-refractivity contribution in [1.82, 2.24) is 5.32 Å². The Kier molecular flexibility index (Phi) is 7.93. The van der Waals surface area contributed by atoms with E-state index in [9.17, 15) is 0 Å². The standard InChI is InChI=1S/C12H18BrNOS/c13-12-4-2-11(3-5-12)10-14-6-9-16-8-1-7-15/h2-5,14-15H,1,6-10H2. The molecule has 0 unspecified atom stereocenters. The first kappa shape index (κ1) is 14.0. The molecule has 16 heavy (non-hydrogen) atoms. The Labute approximate surface area is 110 Å². The molecule has 1 rings (SSSR count). The summed E-state index contributed by atoms with van der Waals surface area (Å²) >= 11 is 5.30. The predicted molar refractivity (Wildman–Crippen MR) is 74.9 cm³/mol. The number of rotatable bonds is 8. The van der Waals surface area contributed by atoms with Gasteiger partial charge in [0, 0.05) is 29.9 Å². The average Bonchev–Trinajstić information content (AvgIpc) is 2.30. The first-order valence-corrected chi connectivity index (χ1v) is 7.41. The molecule has 0 radical (unpaired) electrons. The summed E-state index contributed by atoms with van der Waals surface area (Å²) in [6.45, 7) is 2.25. The third kappa shape index (κ3) is 6.53. The SMILES string of the molecule is OCCCSCCNCc1ccc(Br)cc1. The van der Waals surface area contributed by atoms with E-state index in [0.29, 0.717) is 6.61 Å². The molecule has 4 heteroatoms. The van der Waals surface area contributed by atoms with Gasteiger partial charge < -0.3 is 10.4 Å². The molecule has 0 aliphatic rings. The molecule has 0 spiro atoms. The first-order valence-electron chi connectivity index (χ1n) is 5.46. The van der Waals surface area contributed by atoms with E-state index in [1.165, 1.54) is 5.56 Å². The highest BCUT2D eigenvalue weighted by molar-refractivity contribution is 9.10. The Morgan fingerprint density at radius 3 is 2.62 bits per heavy atom. The summed E-state index contributed by atoms with van der Waals surface area (Å²) in [4.78, 5) is 0. The molecule has 1 aromatic carbocycles. The van der Waals surface area contributed by atoms with Crippen molar-refractivity contribution in [1.29, 1.82) is 0 Å². The van der Waals surface area contributed by atoms with Crippen molar-refractivity contribution in [2.75, 3.05) is 24.7 Å². The minimum Gasteiger partial charge on any atom is -0.396 e. The fraction of sp³-hybridized carbons (Fsp3) is 0.500. The summed E-state index contributed by atoms with van der Waals surface area (Å²) in [7, 11) is 0. The lowest BCUT2D eigenvalue weighted by atomic mass is 10.2. The third-order valence-corrected chi connectivity index (χ3v) is 3.71. The Bertz CT molecular complexity index is 279. The normalized spacial score (nSPS) is 10.6. The zero-order chi connectivity index (χ0) is 11.6. The number of aliphatic hydroxyl groups excluding tert-OH is 1. The molecule has 0 saturated carbocycles. The van der Waals surface area contributed by atoms with Crippen LogP contribution < -0.4 is 5.32 Å². The zero-order valence-corrected chi connectivity index (χ0v) is 11.7. The number of benzene rings is 1. The molecule has 2 N–H and O–H groups in total. The van der Waals surface area contributed by atoms with Crippen LogP contribution >= 0.6 is 27.7 Å². The van der Waals surface area contributed by atoms with Gasteiger partial charge in [-0.3, -0.25) is 0 Å². The lowest BCUT2D eigenvalue weighted by molar-refractivity contribution is 0.296. The van der Waals surface area contributed by atoms with E-state index < -0.39 is 0 Å². The first-order chi connectivity index (χ1) is 7.83. The van der Waals surface area contributed by atoms with Crippen molar-refractivity contribution < 1.29 is 5.11 Å². The van der Waals surface area contributed by atoms with Crippen LogP contribution in [0.4, 0.5) is 0 Å². The van der Waals surface area contributed by atoms with E-state index in [-0.39, 0.29) is 0 Å². The maximum Gasteiger partial charge on any atom is 0.0438 e. The second-order valence-corrected chi connectivity index (χ2v) is 5.63. The number of nitrogens with one attached hydrogen (secondary N) is 1. The van der Waals surface area contributed by atoms with Crippen molar-refractivity contribution in [3.05, 3.63) is 34.3 Å². The summed E-state index contributed by atoms with van der Waals surface area (Å²) < 4.78 is 1.12. The minimum absolute atomic E-state index is 0.305. The van der Waals surface area contributed by atoms with E-state index in [0.717, 1.165) is 35.5 Å². The Balaban J connectivity index is 2.01. The second kappa shape index (κ2) is 9.05. The average molecular weight is 304 g/mol. The van der Waals surface area contributed by atoms with Crippen LogP contribution in [0.3, 0.4) is 0 Å². The second-order valence-electron chi connectivity index (χ2n) is 3.49. The Morgan fingerprint density at radius 2 is 1.94 bits per heavy atom. The quantitative estimate of drug-likeness (QED) is 0.724. The van der Waals surface area contributed by atoms with Crippen molar-refractivity contribution in [3.63, 3.8) is 0 Å². The smallest absolute Gasteiger partial charge is 0.0438 e. The van der Waals surface area contributed by atoms with E-state index >= 15 is 0 Å². The van der Waals surface area contributed by atoms with Gasteiger partial charge in [-0.2, -0.15) is 11.8 Å². The molecule has 90 valence electrons. The summed E-state index contributed by atoms with van der Waals surface area (Å²) in [6.07, 6.45) is 0.900. The van der Waals surface area contributed by atoms with Gasteiger partial charge in [0.15, 0.2) is 0 Å². The van der Waals surface area contributed by atoms with E-state index in [4.69, 9.17) is 5.11 Å². The number of thioether (sulfide) groups is 1. The maximum absolute atomic E-state index is 8.61. The van der Waals surface area contributed by atoms with E-state index in [2.05, 4.69) is 45.5 Å². The van der Waals surface area contributed by atoms with Crippen LogP contribution in [-0.2, 0) is 6.54 Å². The monoisotopic (exact) mass is 303 g/mol. The molecule has 0 fully saturated rings. The van der Waals surface area contributed by atoms with Gasteiger partial charge >= 0.3 is 0 Å². The van der Waals surface area contributed by atoms with Gasteiger partial charge in [-0.05, 0) is 29.9 Å². The topological polar surface area (TPSA) is 32.3 Å². The fourth-order valence-corrected chi connectivity index (χ4v) is 2.34. The molecule has 0 saturated heterocycles. The lowest BCUT2D eigenvalue weighted by Crippen LogP contribution is -2.16. The molecule has 0 amide bonds. The van der Waals surface area contributed by atoms with Crippen LogP contribution in [0.25, 0.3) is 0 Å². The van der Waals surface area contributed by atoms with Crippen LogP contribution in [0, 0.1) is 0 Å². The van der Waals surface area contributed by atoms with E-state index in [1.54, 1.807) is 0 Å². The van der Waals surface area contributed by atoms with Crippen molar-refractivity contribution in [2.24, 2.45) is 0 Å². The molecule has 0 heterocycles. The number of halogens is 1. The maximum atomic E-state index is 8.61. The largest absolute Gasteiger partial charge is 0.396 e. The molecule has 0 bridgehead atoms. The van der Waals surface area contributed by atoms with Gasteiger partial charge in [0.2, 0.25) is 0 Å². The predicted octanol–water partition coefficient (Wildman–Crippen LogP) is 2.65. The van der Waals surface area contributed by atoms with Crippen molar-refractivity contribution in [3.8, 4) is 0 Å². The number of hydrogen-bond donors (Lipinski definition) is 2. The van der Waals surface area contributed by atoms with Crippen LogP contribution in [0.2, 0.25) is 0 Å². The van der Waals surface area contributed by atoms with Gasteiger partial charge in [-0.15, -0.1) is 0 Å². The van der Waals surface area contributed by atoms with Crippen LogP contribution in [0.1, 0.15) is 12.0 Å². The molecule has 0 atom stereocenters. The van der Waals surface area contributed by atoms with Gasteiger partial charge in [-0.25, -0.2) is 0 Å². The number of aliphatic hydroxyl groups is 1. The number of hydrogen-bond acceptors (Lipinski definition) is 3. The third-order valence-electron chi connectivity index (χ3n) is 2.11. The van der Waals surface area contributed by atoms with Crippen LogP contribution in [-0.4, -0.2) is 29.8 Å². The molecule has 0 aliphatic heterocycles. The Morgan fingerprint density at radius 1 is 1.19 bits per heavy atom. The molecular formula is C12H18BrNOS. The van der Waals surface area contributed by atoms with Gasteiger partial charge in [0.05, 0.1) is 0 Å². The summed E-state index contributed by atoms with van der Waals surface area (Å²) in [5.41, 5.74) is 1.31. The molecule has 2 nitrogen and oxygen atoms in total. The van der Waals surface area contributed by atoms with E-state index in [1.807, 2.05) is 11.8 Å². The highest BCUT2D eigenvalue weighted by atomic mass is 79.9. The molecular weight excluding hydrogens is 286 g/mol. The molecule has 1 aromatic rings. The highest BCUT2D eigenvalue weighted by Crippen LogP contribution is 2.10. The summed E-state index contributed by atoms with van der Waals surface area (Å²) in [5.74, 6) is 2.16. The fourth-order valence-electron chi connectivity index (χ4n) is 1.25. The van der Waals surface area contributed by atoms with Crippen molar-refractivity contribution >= 4 is 27.7 Å². The minimum atomic E-state index is 0.305. The van der Waals surface area contributed by atoms with Crippen molar-refractivity contribution in [2.45, 2.75) is 13.0 Å². The van der Waals surface area contributed by atoms with Gasteiger partial charge in [-0.1, -0.05) is 28.1 Å². The molecule has 0 aromatic heterocycles. The van der Waals surface area contributed by atoms with Crippen LogP contribution in [0.5, 0.6) is 0 Å². The highest BCUT2D eigenvalue weighted by Gasteiger charge is 1.93. The lowest BCUT2D eigenvalue weighted by Gasteiger charge is -2.04. The van der Waals surface area contributed by atoms with Gasteiger partial charge in [0.1, 0.15) is 0 Å². The van der Waals surface area contributed by atoms with Crippen LogP contribution in [0.15, 0.2) is 28.7 Å².